The lowest BCUT2D eigenvalue weighted by Crippen LogP contribution is -2.17. The standard InChI is InChI=1S/C18H11ClN4O3/c19-8-15(24)21-12-5-6-14-13(7-12)18(26)23-17(22-14)16(25)11-3-1-10(9-20)2-4-11/h1-7H,8H2,(H,21,24)(H,22,23,26). The van der Waals surface area contributed by atoms with Crippen LogP contribution in [0.5, 0.6) is 0 Å². The third kappa shape index (κ3) is 3.45. The molecular weight excluding hydrogens is 356 g/mol. The molecular formula is C18H11ClN4O3. The van der Waals surface area contributed by atoms with Crippen molar-refractivity contribution in [2.75, 3.05) is 11.2 Å². The highest BCUT2D eigenvalue weighted by Gasteiger charge is 2.14. The number of nitrogens with zero attached hydrogens (tertiary/aromatic N) is 2. The van der Waals surface area contributed by atoms with E-state index in [1.54, 1.807) is 6.07 Å². The molecule has 2 N–H and O–H groups in total. The van der Waals surface area contributed by atoms with Crippen molar-refractivity contribution >= 4 is 39.9 Å². The summed E-state index contributed by atoms with van der Waals surface area (Å²) >= 11 is 5.44. The van der Waals surface area contributed by atoms with Gasteiger partial charge in [-0.15, -0.1) is 11.6 Å². The molecule has 0 aliphatic rings. The molecule has 3 rings (SSSR count). The number of carbonyl (C=O) groups excluding carboxylic acids is 2. The molecule has 3 aromatic rings. The Morgan fingerprint density at radius 2 is 1.92 bits per heavy atom. The number of H-pyrrole nitrogens is 1. The third-order valence-corrected chi connectivity index (χ3v) is 3.84. The lowest BCUT2D eigenvalue weighted by atomic mass is 10.1. The minimum atomic E-state index is -0.506. The number of ketones is 1. The molecule has 26 heavy (non-hydrogen) atoms. The number of alkyl halides is 1. The summed E-state index contributed by atoms with van der Waals surface area (Å²) in [6, 6.07) is 12.5. The largest absolute Gasteiger partial charge is 0.325 e. The van der Waals surface area contributed by atoms with E-state index < -0.39 is 17.2 Å². The van der Waals surface area contributed by atoms with E-state index in [2.05, 4.69) is 15.3 Å². The fourth-order valence-electron chi connectivity index (χ4n) is 2.35. The minimum absolute atomic E-state index is 0.107. The lowest BCUT2D eigenvalue weighted by molar-refractivity contribution is -0.113. The fourth-order valence-corrected chi connectivity index (χ4v) is 2.42. The van der Waals surface area contributed by atoms with E-state index >= 15 is 0 Å². The smallest absolute Gasteiger partial charge is 0.259 e. The van der Waals surface area contributed by atoms with Gasteiger partial charge in [0.1, 0.15) is 5.88 Å². The topological polar surface area (TPSA) is 116 Å². The van der Waals surface area contributed by atoms with Gasteiger partial charge in [0.2, 0.25) is 11.7 Å². The number of halogens is 1. The van der Waals surface area contributed by atoms with Gasteiger partial charge in [-0.3, -0.25) is 14.4 Å². The number of amides is 1. The van der Waals surface area contributed by atoms with Crippen molar-refractivity contribution in [3.05, 3.63) is 69.8 Å². The van der Waals surface area contributed by atoms with Gasteiger partial charge in [0, 0.05) is 11.3 Å². The maximum absolute atomic E-state index is 12.5. The molecule has 0 aliphatic heterocycles. The number of hydrogen-bond acceptors (Lipinski definition) is 5. The Morgan fingerprint density at radius 1 is 1.19 bits per heavy atom. The minimum Gasteiger partial charge on any atom is -0.325 e. The van der Waals surface area contributed by atoms with Gasteiger partial charge in [0.15, 0.2) is 5.82 Å². The second kappa shape index (κ2) is 7.17. The first-order valence-corrected chi connectivity index (χ1v) is 8.00. The molecule has 2 aromatic carbocycles. The molecule has 128 valence electrons. The van der Waals surface area contributed by atoms with Crippen molar-refractivity contribution in [1.82, 2.24) is 9.97 Å². The first kappa shape index (κ1) is 17.3. The van der Waals surface area contributed by atoms with Gasteiger partial charge in [-0.05, 0) is 42.5 Å². The quantitative estimate of drug-likeness (QED) is 0.542. The van der Waals surface area contributed by atoms with Crippen molar-refractivity contribution in [2.45, 2.75) is 0 Å². The first-order chi connectivity index (χ1) is 12.5. The average Bonchev–Trinajstić information content (AvgIpc) is 2.67. The molecule has 0 radical (unpaired) electrons. The Hall–Kier alpha value is -3.50. The van der Waals surface area contributed by atoms with Gasteiger partial charge in [0.05, 0.1) is 22.5 Å². The van der Waals surface area contributed by atoms with Crippen LogP contribution in [0.4, 0.5) is 5.69 Å². The van der Waals surface area contributed by atoms with E-state index in [-0.39, 0.29) is 17.1 Å². The van der Waals surface area contributed by atoms with E-state index in [4.69, 9.17) is 16.9 Å². The van der Waals surface area contributed by atoms with E-state index in [0.717, 1.165) is 0 Å². The van der Waals surface area contributed by atoms with Crippen LogP contribution in [0.15, 0.2) is 47.3 Å². The molecule has 0 saturated heterocycles. The van der Waals surface area contributed by atoms with E-state index in [9.17, 15) is 14.4 Å². The highest BCUT2D eigenvalue weighted by atomic mass is 35.5. The van der Waals surface area contributed by atoms with Crippen molar-refractivity contribution < 1.29 is 9.59 Å². The highest BCUT2D eigenvalue weighted by Crippen LogP contribution is 2.16. The summed E-state index contributed by atoms with van der Waals surface area (Å²) in [7, 11) is 0. The Morgan fingerprint density at radius 3 is 2.58 bits per heavy atom. The van der Waals surface area contributed by atoms with Crippen molar-refractivity contribution in [2.24, 2.45) is 0 Å². The van der Waals surface area contributed by atoms with Gasteiger partial charge in [-0.25, -0.2) is 4.98 Å². The third-order valence-electron chi connectivity index (χ3n) is 3.60. The predicted molar refractivity (Wildman–Crippen MR) is 96.3 cm³/mol. The van der Waals surface area contributed by atoms with Crippen LogP contribution in [0.2, 0.25) is 0 Å². The van der Waals surface area contributed by atoms with Crippen LogP contribution < -0.4 is 10.9 Å². The molecule has 0 atom stereocenters. The Labute approximate surface area is 152 Å². The summed E-state index contributed by atoms with van der Waals surface area (Å²) in [4.78, 5) is 42.8. The summed E-state index contributed by atoms with van der Waals surface area (Å²) in [5.41, 5.74) is 0.940. The molecule has 1 amide bonds. The number of anilines is 1. The number of aromatic nitrogens is 2. The lowest BCUT2D eigenvalue weighted by Gasteiger charge is -2.06. The Balaban J connectivity index is 1.99. The van der Waals surface area contributed by atoms with E-state index in [1.165, 1.54) is 36.4 Å². The number of rotatable bonds is 4. The second-order valence-corrected chi connectivity index (χ2v) is 5.61. The van der Waals surface area contributed by atoms with Crippen molar-refractivity contribution in [1.29, 1.82) is 5.26 Å². The van der Waals surface area contributed by atoms with Crippen LogP contribution in [0.3, 0.4) is 0 Å². The van der Waals surface area contributed by atoms with Gasteiger partial charge < -0.3 is 10.3 Å². The number of fused-ring (bicyclic) bond motifs is 1. The molecule has 0 fully saturated rings. The molecule has 1 heterocycles. The molecule has 7 nitrogen and oxygen atoms in total. The van der Waals surface area contributed by atoms with Crippen molar-refractivity contribution in [3.63, 3.8) is 0 Å². The number of nitriles is 1. The number of aromatic amines is 1. The Kier molecular flexibility index (Phi) is 4.78. The second-order valence-electron chi connectivity index (χ2n) is 5.35. The van der Waals surface area contributed by atoms with Crippen LogP contribution >= 0.6 is 11.6 Å². The number of nitrogens with one attached hydrogen (secondary N) is 2. The van der Waals surface area contributed by atoms with Crippen molar-refractivity contribution in [3.8, 4) is 6.07 Å². The summed E-state index contributed by atoms with van der Waals surface area (Å²) in [5.74, 6) is -1.18. The summed E-state index contributed by atoms with van der Waals surface area (Å²) in [5, 5.41) is 11.6. The molecule has 0 spiro atoms. The van der Waals surface area contributed by atoms with Crippen LogP contribution in [-0.4, -0.2) is 27.5 Å². The summed E-state index contributed by atoms with van der Waals surface area (Å²) < 4.78 is 0. The maximum Gasteiger partial charge on any atom is 0.259 e. The number of carbonyl (C=O) groups is 2. The zero-order valence-electron chi connectivity index (χ0n) is 13.2. The SMILES string of the molecule is N#Cc1ccc(C(=O)c2nc3ccc(NC(=O)CCl)cc3c(=O)[nH]2)cc1. The van der Waals surface area contributed by atoms with Crippen LogP contribution in [-0.2, 0) is 4.79 Å². The highest BCUT2D eigenvalue weighted by molar-refractivity contribution is 6.29. The molecule has 0 bridgehead atoms. The fraction of sp³-hybridized carbons (Fsp3) is 0.0556. The number of hydrogen-bond donors (Lipinski definition) is 2. The monoisotopic (exact) mass is 366 g/mol. The summed E-state index contributed by atoms with van der Waals surface area (Å²) in [6.07, 6.45) is 0. The number of benzene rings is 2. The van der Waals surface area contributed by atoms with Crippen LogP contribution in [0, 0.1) is 11.3 Å². The maximum atomic E-state index is 12.5. The normalized spacial score (nSPS) is 10.3. The van der Waals surface area contributed by atoms with Crippen LogP contribution in [0.25, 0.3) is 10.9 Å². The first-order valence-electron chi connectivity index (χ1n) is 7.46. The van der Waals surface area contributed by atoms with Gasteiger partial charge in [0.25, 0.3) is 5.56 Å². The molecule has 0 aliphatic carbocycles. The van der Waals surface area contributed by atoms with E-state index in [1.807, 2.05) is 6.07 Å². The van der Waals surface area contributed by atoms with Gasteiger partial charge in [-0.1, -0.05) is 0 Å². The van der Waals surface area contributed by atoms with Gasteiger partial charge in [-0.2, -0.15) is 5.26 Å². The Bertz CT molecular complexity index is 1110. The average molecular weight is 367 g/mol. The zero-order valence-corrected chi connectivity index (χ0v) is 14.0. The molecule has 8 heteroatoms. The summed E-state index contributed by atoms with van der Waals surface area (Å²) in [6.45, 7) is 0. The zero-order chi connectivity index (χ0) is 18.7. The molecule has 1 aromatic heterocycles. The molecule has 0 saturated carbocycles. The van der Waals surface area contributed by atoms with E-state index in [0.29, 0.717) is 22.3 Å². The molecule has 0 unspecified atom stereocenters. The van der Waals surface area contributed by atoms with Crippen LogP contribution in [0.1, 0.15) is 21.7 Å². The van der Waals surface area contributed by atoms with Gasteiger partial charge >= 0.3 is 0 Å². The predicted octanol–water partition coefficient (Wildman–Crippen LogP) is 2.20.